The van der Waals surface area contributed by atoms with E-state index in [1.54, 1.807) is 7.11 Å². The Labute approximate surface area is 89.0 Å². The molecule has 1 fully saturated rings. The van der Waals surface area contributed by atoms with Gasteiger partial charge < -0.3 is 10.5 Å². The quantitative estimate of drug-likeness (QED) is 0.834. The van der Waals surface area contributed by atoms with E-state index in [0.29, 0.717) is 6.61 Å². The summed E-state index contributed by atoms with van der Waals surface area (Å²) in [5, 5.41) is 0.741. The zero-order valence-corrected chi connectivity index (χ0v) is 8.97. The van der Waals surface area contributed by atoms with Crippen molar-refractivity contribution in [1.29, 1.82) is 0 Å². The Bertz CT molecular complexity index is 347. The molecule has 2 rings (SSSR count). The highest BCUT2D eigenvalue weighted by Crippen LogP contribution is 2.44. The molecule has 76 valence electrons. The molecule has 1 aliphatic rings. The lowest BCUT2D eigenvalue weighted by atomic mass is 9.99. The van der Waals surface area contributed by atoms with Gasteiger partial charge in [-0.1, -0.05) is 17.7 Å². The van der Waals surface area contributed by atoms with Gasteiger partial charge in [-0.2, -0.15) is 0 Å². The minimum atomic E-state index is -0.113. The van der Waals surface area contributed by atoms with Crippen LogP contribution in [0.4, 0.5) is 0 Å². The number of rotatable bonds is 3. The highest BCUT2D eigenvalue weighted by atomic mass is 35.5. The molecular weight excluding hydrogens is 198 g/mol. The van der Waals surface area contributed by atoms with Crippen molar-refractivity contribution in [2.45, 2.75) is 25.0 Å². The average Bonchev–Trinajstić information content (AvgIpc) is 2.85. The van der Waals surface area contributed by atoms with E-state index in [1.807, 2.05) is 18.2 Å². The smallest absolute Gasteiger partial charge is 0.0716 e. The van der Waals surface area contributed by atoms with Gasteiger partial charge in [0.05, 0.1) is 6.61 Å². The van der Waals surface area contributed by atoms with Crippen LogP contribution < -0.4 is 5.73 Å². The zero-order valence-electron chi connectivity index (χ0n) is 8.22. The summed E-state index contributed by atoms with van der Waals surface area (Å²) in [5.41, 5.74) is 8.33. The van der Waals surface area contributed by atoms with Gasteiger partial charge in [-0.15, -0.1) is 0 Å². The first-order valence-corrected chi connectivity index (χ1v) is 5.10. The van der Waals surface area contributed by atoms with Crippen LogP contribution in [0.5, 0.6) is 0 Å². The van der Waals surface area contributed by atoms with Crippen LogP contribution in [0.3, 0.4) is 0 Å². The summed E-state index contributed by atoms with van der Waals surface area (Å²) < 4.78 is 5.13. The Kier molecular flexibility index (Phi) is 2.52. The highest BCUT2D eigenvalue weighted by Gasteiger charge is 2.41. The summed E-state index contributed by atoms with van der Waals surface area (Å²) in [5.74, 6) is 0. The maximum absolute atomic E-state index is 6.15. The van der Waals surface area contributed by atoms with E-state index in [2.05, 4.69) is 0 Å². The predicted octanol–water partition coefficient (Wildman–Crippen LogP) is 2.43. The number of methoxy groups -OCH3 is 1. The van der Waals surface area contributed by atoms with Crippen LogP contribution in [0.2, 0.25) is 5.02 Å². The Balaban J connectivity index is 2.37. The van der Waals surface area contributed by atoms with Crippen molar-refractivity contribution in [3.05, 3.63) is 34.3 Å². The van der Waals surface area contributed by atoms with E-state index in [-0.39, 0.29) is 5.54 Å². The van der Waals surface area contributed by atoms with E-state index in [1.165, 1.54) is 5.56 Å². The van der Waals surface area contributed by atoms with Crippen LogP contribution in [0.25, 0.3) is 0 Å². The molecule has 2 nitrogen and oxygen atoms in total. The largest absolute Gasteiger partial charge is 0.380 e. The molecule has 0 spiro atoms. The summed E-state index contributed by atoms with van der Waals surface area (Å²) >= 11 is 5.93. The van der Waals surface area contributed by atoms with Gasteiger partial charge in [0.1, 0.15) is 0 Å². The van der Waals surface area contributed by atoms with Crippen LogP contribution in [0, 0.1) is 0 Å². The molecule has 0 aromatic heterocycles. The van der Waals surface area contributed by atoms with Crippen molar-refractivity contribution >= 4 is 11.6 Å². The Morgan fingerprint density at radius 1 is 1.50 bits per heavy atom. The topological polar surface area (TPSA) is 35.2 Å². The summed E-state index contributed by atoms with van der Waals surface area (Å²) in [6.45, 7) is 0.578. The van der Waals surface area contributed by atoms with Crippen molar-refractivity contribution < 1.29 is 4.74 Å². The molecule has 0 atom stereocenters. The lowest BCUT2D eigenvalue weighted by molar-refractivity contribution is 0.183. The first kappa shape index (κ1) is 9.97. The molecule has 0 radical (unpaired) electrons. The van der Waals surface area contributed by atoms with Gasteiger partial charge in [0, 0.05) is 17.7 Å². The predicted molar refractivity (Wildman–Crippen MR) is 57.3 cm³/mol. The zero-order chi connectivity index (χ0) is 10.2. The molecule has 0 aliphatic heterocycles. The molecule has 1 aliphatic carbocycles. The fraction of sp³-hybridized carbons (Fsp3) is 0.455. The summed E-state index contributed by atoms with van der Waals surface area (Å²) in [6, 6.07) is 5.85. The molecule has 0 bridgehead atoms. The fourth-order valence-corrected chi connectivity index (χ4v) is 1.92. The lowest BCUT2D eigenvalue weighted by Crippen LogP contribution is -2.20. The number of ether oxygens (including phenoxy) is 1. The maximum Gasteiger partial charge on any atom is 0.0716 e. The molecule has 1 aromatic carbocycles. The molecule has 0 heterocycles. The van der Waals surface area contributed by atoms with E-state index >= 15 is 0 Å². The van der Waals surface area contributed by atoms with Gasteiger partial charge in [0.2, 0.25) is 0 Å². The van der Waals surface area contributed by atoms with Crippen LogP contribution in [-0.2, 0) is 16.9 Å². The minimum Gasteiger partial charge on any atom is -0.380 e. The second-order valence-corrected chi connectivity index (χ2v) is 4.33. The van der Waals surface area contributed by atoms with Gasteiger partial charge >= 0.3 is 0 Å². The van der Waals surface area contributed by atoms with Crippen molar-refractivity contribution in [2.75, 3.05) is 7.11 Å². The molecule has 0 amide bonds. The first-order chi connectivity index (χ1) is 6.65. The van der Waals surface area contributed by atoms with Gasteiger partial charge in [-0.25, -0.2) is 0 Å². The normalized spacial score (nSPS) is 18.2. The molecule has 0 saturated heterocycles. The Morgan fingerprint density at radius 2 is 2.21 bits per heavy atom. The standard InChI is InChI=1S/C11H14ClNO/c1-14-7-8-6-9(12)2-3-10(8)11(13)4-5-11/h2-3,6H,4-5,7,13H2,1H3. The summed E-state index contributed by atoms with van der Waals surface area (Å²) in [4.78, 5) is 0. The van der Waals surface area contributed by atoms with Gasteiger partial charge in [-0.05, 0) is 36.1 Å². The van der Waals surface area contributed by atoms with E-state index in [4.69, 9.17) is 22.1 Å². The first-order valence-electron chi connectivity index (χ1n) is 4.72. The molecule has 1 aromatic rings. The van der Waals surface area contributed by atoms with E-state index in [9.17, 15) is 0 Å². The van der Waals surface area contributed by atoms with Crippen molar-refractivity contribution in [3.8, 4) is 0 Å². The van der Waals surface area contributed by atoms with Crippen LogP contribution in [0.1, 0.15) is 24.0 Å². The minimum absolute atomic E-state index is 0.113. The van der Waals surface area contributed by atoms with Gasteiger partial charge in [0.15, 0.2) is 0 Å². The summed E-state index contributed by atoms with van der Waals surface area (Å²) in [6.07, 6.45) is 2.12. The molecule has 14 heavy (non-hydrogen) atoms. The average molecular weight is 212 g/mol. The monoisotopic (exact) mass is 211 g/mol. The second-order valence-electron chi connectivity index (χ2n) is 3.89. The van der Waals surface area contributed by atoms with Crippen LogP contribution >= 0.6 is 11.6 Å². The lowest BCUT2D eigenvalue weighted by Gasteiger charge is -2.14. The number of benzene rings is 1. The van der Waals surface area contributed by atoms with Gasteiger partial charge in [-0.3, -0.25) is 0 Å². The third kappa shape index (κ3) is 1.78. The Hall–Kier alpha value is -0.570. The highest BCUT2D eigenvalue weighted by molar-refractivity contribution is 6.30. The van der Waals surface area contributed by atoms with Crippen molar-refractivity contribution in [2.24, 2.45) is 5.73 Å². The number of nitrogens with two attached hydrogens (primary N) is 1. The van der Waals surface area contributed by atoms with Crippen molar-refractivity contribution in [3.63, 3.8) is 0 Å². The molecule has 3 heteroatoms. The SMILES string of the molecule is COCc1cc(Cl)ccc1C1(N)CC1. The van der Waals surface area contributed by atoms with Gasteiger partial charge in [0.25, 0.3) is 0 Å². The Morgan fingerprint density at radius 3 is 2.79 bits per heavy atom. The number of hydrogen-bond donors (Lipinski definition) is 1. The molecule has 0 unspecified atom stereocenters. The van der Waals surface area contributed by atoms with Crippen LogP contribution in [0.15, 0.2) is 18.2 Å². The van der Waals surface area contributed by atoms with Crippen molar-refractivity contribution in [1.82, 2.24) is 0 Å². The molecule has 2 N–H and O–H groups in total. The molecular formula is C11H14ClNO. The fourth-order valence-electron chi connectivity index (χ4n) is 1.73. The third-order valence-electron chi connectivity index (χ3n) is 2.69. The van der Waals surface area contributed by atoms with Crippen LogP contribution in [-0.4, -0.2) is 7.11 Å². The number of halogens is 1. The molecule has 1 saturated carbocycles. The number of hydrogen-bond acceptors (Lipinski definition) is 2. The summed E-state index contributed by atoms with van der Waals surface area (Å²) in [7, 11) is 1.68. The third-order valence-corrected chi connectivity index (χ3v) is 2.93. The second kappa shape index (κ2) is 3.54. The van der Waals surface area contributed by atoms with E-state index in [0.717, 1.165) is 23.4 Å². The maximum atomic E-state index is 6.15. The van der Waals surface area contributed by atoms with E-state index < -0.39 is 0 Å².